The van der Waals surface area contributed by atoms with Crippen LogP contribution in [0.2, 0.25) is 0 Å². The molecule has 0 bridgehead atoms. The van der Waals surface area contributed by atoms with Crippen molar-refractivity contribution in [3.8, 4) is 0 Å². The van der Waals surface area contributed by atoms with Gasteiger partial charge in [0.05, 0.1) is 11.2 Å². The highest BCUT2D eigenvalue weighted by Crippen LogP contribution is 2.21. The van der Waals surface area contributed by atoms with Gasteiger partial charge in [-0.25, -0.2) is 0 Å². The summed E-state index contributed by atoms with van der Waals surface area (Å²) in [5.74, 6) is 0. The Morgan fingerprint density at radius 2 is 1.59 bits per heavy atom. The van der Waals surface area contributed by atoms with Crippen LogP contribution < -0.4 is 0 Å². The molecule has 0 radical (unpaired) electrons. The fourth-order valence-electron chi connectivity index (χ4n) is 2.58. The summed E-state index contributed by atoms with van der Waals surface area (Å²) in [6.45, 7) is 0. The molecule has 1 aromatic heterocycles. The van der Waals surface area contributed by atoms with E-state index in [1.165, 1.54) is 10.8 Å². The van der Waals surface area contributed by atoms with E-state index in [-0.39, 0.29) is 0 Å². The summed E-state index contributed by atoms with van der Waals surface area (Å²) < 4.78 is 0. The van der Waals surface area contributed by atoms with E-state index in [1.807, 2.05) is 48.8 Å². The van der Waals surface area contributed by atoms with E-state index in [4.69, 9.17) is 0 Å². The van der Waals surface area contributed by atoms with Crippen molar-refractivity contribution < 1.29 is 0 Å². The Kier molecular flexibility index (Phi) is 3.13. The number of hydrogen-bond acceptors (Lipinski definition) is 2. The normalized spacial score (nSPS) is 11.5. The molecule has 1 heterocycles. The maximum atomic E-state index is 4.59. The fraction of sp³-hybridized carbons (Fsp3) is 0. The Bertz CT molecular complexity index is 905. The molecule has 0 fully saturated rings. The van der Waals surface area contributed by atoms with Crippen LogP contribution in [0.5, 0.6) is 0 Å². The second-order valence-electron chi connectivity index (χ2n) is 5.25. The second-order valence-corrected chi connectivity index (χ2v) is 5.25. The Morgan fingerprint density at radius 1 is 0.727 bits per heavy atom. The van der Waals surface area contributed by atoms with Crippen molar-refractivity contribution in [2.24, 2.45) is 4.99 Å². The van der Waals surface area contributed by atoms with Gasteiger partial charge in [0.1, 0.15) is 0 Å². The Hall–Kier alpha value is -3.00. The first kappa shape index (κ1) is 12.7. The number of benzene rings is 3. The van der Waals surface area contributed by atoms with Gasteiger partial charge in [-0.3, -0.25) is 9.98 Å². The predicted octanol–water partition coefficient (Wildman–Crippen LogP) is 5.14. The molecular formula is C20H14N2. The van der Waals surface area contributed by atoms with Gasteiger partial charge in [0.15, 0.2) is 0 Å². The van der Waals surface area contributed by atoms with Crippen LogP contribution in [0.25, 0.3) is 21.7 Å². The van der Waals surface area contributed by atoms with E-state index in [0.717, 1.165) is 22.2 Å². The van der Waals surface area contributed by atoms with Crippen LogP contribution in [0, 0.1) is 0 Å². The van der Waals surface area contributed by atoms with Gasteiger partial charge in [-0.2, -0.15) is 0 Å². The summed E-state index contributed by atoms with van der Waals surface area (Å²) in [4.78, 5) is 8.92. The number of rotatable bonds is 2. The minimum atomic E-state index is 0.963. The number of pyridine rings is 1. The summed E-state index contributed by atoms with van der Waals surface area (Å²) in [5.41, 5.74) is 3.05. The van der Waals surface area contributed by atoms with Gasteiger partial charge < -0.3 is 0 Å². The minimum absolute atomic E-state index is 0.963. The van der Waals surface area contributed by atoms with Crippen molar-refractivity contribution >= 4 is 33.6 Å². The first-order valence-corrected chi connectivity index (χ1v) is 7.26. The van der Waals surface area contributed by atoms with Gasteiger partial charge in [-0.15, -0.1) is 0 Å². The topological polar surface area (TPSA) is 25.2 Å². The molecule has 2 heteroatoms. The lowest BCUT2D eigenvalue weighted by molar-refractivity contribution is 1.41. The molecule has 0 aliphatic heterocycles. The molecule has 22 heavy (non-hydrogen) atoms. The van der Waals surface area contributed by atoms with Crippen molar-refractivity contribution in [3.05, 3.63) is 84.6 Å². The highest BCUT2D eigenvalue weighted by molar-refractivity contribution is 5.91. The minimum Gasteiger partial charge on any atom is -0.256 e. The van der Waals surface area contributed by atoms with Crippen molar-refractivity contribution in [1.29, 1.82) is 0 Å². The first-order chi connectivity index (χ1) is 10.9. The van der Waals surface area contributed by atoms with E-state index in [0.29, 0.717) is 0 Å². The Labute approximate surface area is 128 Å². The lowest BCUT2D eigenvalue weighted by atomic mass is 10.1. The van der Waals surface area contributed by atoms with Crippen molar-refractivity contribution in [2.75, 3.05) is 0 Å². The van der Waals surface area contributed by atoms with Crippen LogP contribution in [0.15, 0.2) is 84.0 Å². The lowest BCUT2D eigenvalue weighted by Crippen LogP contribution is -1.83. The largest absolute Gasteiger partial charge is 0.256 e. The molecule has 104 valence electrons. The third-order valence-electron chi connectivity index (χ3n) is 3.72. The molecule has 0 aliphatic carbocycles. The number of aromatic nitrogens is 1. The van der Waals surface area contributed by atoms with Gasteiger partial charge >= 0.3 is 0 Å². The van der Waals surface area contributed by atoms with E-state index in [2.05, 4.69) is 46.4 Å². The molecule has 4 aromatic rings. The van der Waals surface area contributed by atoms with Crippen LogP contribution in [-0.2, 0) is 0 Å². The zero-order valence-electron chi connectivity index (χ0n) is 12.0. The van der Waals surface area contributed by atoms with Gasteiger partial charge in [0.2, 0.25) is 0 Å². The zero-order chi connectivity index (χ0) is 14.8. The van der Waals surface area contributed by atoms with Crippen LogP contribution in [0.1, 0.15) is 5.56 Å². The molecule has 2 nitrogen and oxygen atoms in total. The first-order valence-electron chi connectivity index (χ1n) is 7.26. The SMILES string of the molecule is C(=Nc1ccc2ccccc2c1)c1ccc2ncccc2c1. The molecule has 0 unspecified atom stereocenters. The smallest absolute Gasteiger partial charge is 0.0702 e. The van der Waals surface area contributed by atoms with Gasteiger partial charge in [0.25, 0.3) is 0 Å². The molecule has 0 spiro atoms. The summed E-state index contributed by atoms with van der Waals surface area (Å²) >= 11 is 0. The molecule has 0 atom stereocenters. The predicted molar refractivity (Wildman–Crippen MR) is 92.9 cm³/mol. The average Bonchev–Trinajstić information content (AvgIpc) is 2.59. The lowest BCUT2D eigenvalue weighted by Gasteiger charge is -2.00. The van der Waals surface area contributed by atoms with Gasteiger partial charge in [-0.1, -0.05) is 42.5 Å². The van der Waals surface area contributed by atoms with Crippen LogP contribution >= 0.6 is 0 Å². The van der Waals surface area contributed by atoms with E-state index in [9.17, 15) is 0 Å². The van der Waals surface area contributed by atoms with Crippen molar-refractivity contribution in [2.45, 2.75) is 0 Å². The highest BCUT2D eigenvalue weighted by atomic mass is 14.7. The zero-order valence-corrected chi connectivity index (χ0v) is 12.0. The Balaban J connectivity index is 1.68. The molecule has 0 saturated carbocycles. The van der Waals surface area contributed by atoms with E-state index in [1.54, 1.807) is 0 Å². The van der Waals surface area contributed by atoms with E-state index < -0.39 is 0 Å². The monoisotopic (exact) mass is 282 g/mol. The Morgan fingerprint density at radius 3 is 2.55 bits per heavy atom. The maximum absolute atomic E-state index is 4.59. The van der Waals surface area contributed by atoms with Crippen LogP contribution in [-0.4, -0.2) is 11.2 Å². The summed E-state index contributed by atoms with van der Waals surface area (Å²) in [7, 11) is 0. The number of nitrogens with zero attached hydrogens (tertiary/aromatic N) is 2. The van der Waals surface area contributed by atoms with Crippen LogP contribution in [0.3, 0.4) is 0 Å². The fourth-order valence-corrected chi connectivity index (χ4v) is 2.58. The highest BCUT2D eigenvalue weighted by Gasteiger charge is 1.96. The molecule has 0 N–H and O–H groups in total. The molecule has 0 aliphatic rings. The second kappa shape index (κ2) is 5.41. The van der Waals surface area contributed by atoms with Gasteiger partial charge in [-0.05, 0) is 46.7 Å². The summed E-state index contributed by atoms with van der Waals surface area (Å²) in [6, 6.07) is 24.8. The maximum Gasteiger partial charge on any atom is 0.0702 e. The number of aliphatic imine (C=N–C) groups is 1. The number of hydrogen-bond donors (Lipinski definition) is 0. The average molecular weight is 282 g/mol. The molecule has 0 amide bonds. The molecular weight excluding hydrogens is 268 g/mol. The standard InChI is InChI=1S/C20H14N2/c1-2-5-17-13-19(9-8-16(17)4-1)22-14-15-7-10-20-18(12-15)6-3-11-21-20/h1-14H. The molecule has 3 aromatic carbocycles. The van der Waals surface area contributed by atoms with Crippen molar-refractivity contribution in [3.63, 3.8) is 0 Å². The third kappa shape index (κ3) is 2.47. The molecule has 4 rings (SSSR count). The third-order valence-corrected chi connectivity index (χ3v) is 3.72. The molecule has 0 saturated heterocycles. The summed E-state index contributed by atoms with van der Waals surface area (Å²) in [5, 5.41) is 3.57. The summed E-state index contributed by atoms with van der Waals surface area (Å²) in [6.07, 6.45) is 3.71. The quantitative estimate of drug-likeness (QED) is 0.467. The van der Waals surface area contributed by atoms with Crippen molar-refractivity contribution in [1.82, 2.24) is 4.98 Å². The van der Waals surface area contributed by atoms with E-state index >= 15 is 0 Å². The van der Waals surface area contributed by atoms with Gasteiger partial charge in [0, 0.05) is 17.8 Å². The number of fused-ring (bicyclic) bond motifs is 2. The van der Waals surface area contributed by atoms with Crippen LogP contribution in [0.4, 0.5) is 5.69 Å².